The van der Waals surface area contributed by atoms with Crippen LogP contribution in [0.3, 0.4) is 0 Å². The minimum absolute atomic E-state index is 0. The molecule has 15 rings (SSSR count). The number of hydroxylamine groups is 1. The van der Waals surface area contributed by atoms with E-state index in [-0.39, 0.29) is 150 Å². The minimum Gasteiger partial charge on any atom is -0.501 e. The van der Waals surface area contributed by atoms with Gasteiger partial charge in [0.1, 0.15) is 46.2 Å². The Labute approximate surface area is 744 Å². The summed E-state index contributed by atoms with van der Waals surface area (Å²) < 4.78 is 129. The number of fused-ring (bicyclic) bond motifs is 2. The van der Waals surface area contributed by atoms with E-state index in [2.05, 4.69) is 52.9 Å². The largest absolute Gasteiger partial charge is 0.501 e. The Morgan fingerprint density at radius 2 is 0.758 bits per heavy atom. The Bertz CT molecular complexity index is 4760. The molecule has 128 heavy (non-hydrogen) atoms. The van der Waals surface area contributed by atoms with E-state index in [1.807, 2.05) is 40.9 Å². The van der Waals surface area contributed by atoms with Crippen molar-refractivity contribution in [2.75, 3.05) is 72.7 Å². The van der Waals surface area contributed by atoms with Gasteiger partial charge in [0.15, 0.2) is 0 Å². The monoisotopic (exact) mass is 1800 g/mol. The summed E-state index contributed by atoms with van der Waals surface area (Å²) in [5.74, 6) is -7.86. The molecule has 2 amide bonds. The molecule has 6 aromatic rings. The lowest BCUT2D eigenvalue weighted by molar-refractivity contribution is -0.157. The number of pyridine rings is 6. The number of amides is 2. The molecule has 0 saturated carbocycles. The van der Waals surface area contributed by atoms with Gasteiger partial charge in [0.25, 0.3) is 0 Å². The van der Waals surface area contributed by atoms with Crippen LogP contribution in [0.25, 0.3) is 0 Å². The molecule has 0 radical (unpaired) electrons. The topological polar surface area (TPSA) is 441 Å². The summed E-state index contributed by atoms with van der Waals surface area (Å²) in [6, 6.07) is 9.57. The second kappa shape index (κ2) is 44.8. The molecule has 20 atom stereocenters. The summed E-state index contributed by atoms with van der Waals surface area (Å²) in [4.78, 5) is 87.0. The zero-order chi connectivity index (χ0) is 93.6. The van der Waals surface area contributed by atoms with Gasteiger partial charge in [-0.3, -0.25) is 53.9 Å². The first kappa shape index (κ1) is 104. The van der Waals surface area contributed by atoms with Crippen molar-refractivity contribution >= 4 is 29.5 Å². The predicted octanol–water partition coefficient (Wildman–Crippen LogP) is 10.3. The number of hydrogen-bond donors (Lipinski definition) is 10. The summed E-state index contributed by atoms with van der Waals surface area (Å²) in [5, 5.41) is 43.6. The van der Waals surface area contributed by atoms with E-state index in [9.17, 15) is 70.7 Å². The summed E-state index contributed by atoms with van der Waals surface area (Å²) in [6.45, 7) is 30.9. The maximum absolute atomic E-state index is 14.3. The van der Waals surface area contributed by atoms with E-state index < -0.39 is 97.9 Å². The fourth-order valence-electron chi connectivity index (χ4n) is 18.1. The maximum Gasteiger partial charge on any atom is 0.309 e. The van der Waals surface area contributed by atoms with Gasteiger partial charge >= 0.3 is 11.9 Å². The molecule has 30 nitrogen and oxygen atoms in total. The van der Waals surface area contributed by atoms with Crippen LogP contribution >= 0.6 is 0 Å². The highest BCUT2D eigenvalue weighted by Crippen LogP contribution is 2.46. The number of aliphatic carboxylic acids is 2. The van der Waals surface area contributed by atoms with Crippen LogP contribution in [0.15, 0.2) is 85.4 Å². The van der Waals surface area contributed by atoms with Crippen LogP contribution in [-0.2, 0) is 99.9 Å². The third kappa shape index (κ3) is 24.6. The second-order valence-corrected chi connectivity index (χ2v) is 35.3. The highest BCUT2D eigenvalue weighted by atomic mass is 19.1. The molecule has 36 heteroatoms. The van der Waals surface area contributed by atoms with Gasteiger partial charge in [-0.05, 0) is 184 Å². The number of aryl methyl sites for hydroxylation is 6. The number of nitrogens with one attached hydrogen (secondary N) is 3. The van der Waals surface area contributed by atoms with Crippen LogP contribution in [0.4, 0.5) is 26.3 Å². The summed E-state index contributed by atoms with van der Waals surface area (Å²) >= 11 is 0. The normalized spacial score (nSPS) is 31.4. The van der Waals surface area contributed by atoms with Crippen molar-refractivity contribution in [2.45, 2.75) is 239 Å². The lowest BCUT2D eigenvalue weighted by Gasteiger charge is -2.46. The molecule has 8 saturated heterocycles. The van der Waals surface area contributed by atoms with Gasteiger partial charge < -0.3 is 91.0 Å². The number of aliphatic hydroxyl groups is 2. The van der Waals surface area contributed by atoms with Crippen LogP contribution in [-0.4, -0.2) is 195 Å². The summed E-state index contributed by atoms with van der Waals surface area (Å²) in [5.41, 5.74) is 22.4. The molecule has 9 aliphatic rings. The van der Waals surface area contributed by atoms with Gasteiger partial charge in [-0.15, -0.1) is 0 Å². The van der Waals surface area contributed by atoms with Crippen LogP contribution < -0.4 is 33.3 Å². The van der Waals surface area contributed by atoms with Crippen molar-refractivity contribution < 1.29 is 113 Å². The van der Waals surface area contributed by atoms with Gasteiger partial charge in [-0.1, -0.05) is 7.43 Å². The van der Waals surface area contributed by atoms with E-state index in [0.29, 0.717) is 95.2 Å². The Kier molecular flexibility index (Phi) is 36.5. The molecule has 9 aliphatic heterocycles. The van der Waals surface area contributed by atoms with E-state index in [0.717, 1.165) is 56.5 Å². The number of halogens is 6. The standard InChI is InChI=1S/C15H19FN2O4.C15H21FN2O3.C14H19FN2O2.C13H17FN2O3.C13H17FN2O2.C13H19FN2O2.C8H12O2.CH4/c1-8-4-11(13(16)6-17-8)15(18-10(3)19)7-22-9(2)5-12(15)14(20)21;1-9-4-13(14(16)6-17-9)15(18-11(3)20)8-21-10(2)5-12(15)7-19;1-8-4-12(13(15)6-17-8)14(16)7-19-9(2)5-11(14)10(3)18;1-7-3-9(11(14)5-16-7)13(15)6-19-8(2)4-10(13)12(17)18;1-8-3-11(12(14)5-15-8)13-7-17-9(2)4-10(13)6-18-16-13;1-8-3-11(12(14)5-16-8)13(15)7-18-9(2)4-10(13)6-17;1-6-2-7-3-9-4-8(7)5-10-6;/h4,6,9,12H,5,7H2,1-3H3,(H,18,19)(H,20,21);4,6,10,12,19H,5,7-8H2,1-3H3,(H,18,20);4,6,9,11H,5,7,16H2,1-3H3;3,5,8,10H,4,6,15H2,1-2H3,(H,17,18);3,5,9-10,16H,4,6-7H2,1-2H3;3,5,9-10,17H,4,6-7,15H2,1-2H3;4,6-7H,2-3,5H2,1H3;1H4/t9-,12-,15+;10-,12-,15-;9-,11-,14-;8-,10-,13+;2*9-,10-,13-;6-,7-;/m0000000./s1. The highest BCUT2D eigenvalue weighted by Gasteiger charge is 2.55. The molecule has 0 spiro atoms. The quantitative estimate of drug-likeness (QED) is 0.0480. The molecular formula is C92H128F6N12O18. The highest BCUT2D eigenvalue weighted by molar-refractivity contribution is 5.81. The Balaban J connectivity index is 0.000000186. The van der Waals surface area contributed by atoms with Gasteiger partial charge in [-0.25, -0.2) is 26.3 Å². The van der Waals surface area contributed by atoms with Crippen molar-refractivity contribution in [2.24, 2.45) is 58.6 Å². The molecule has 706 valence electrons. The average molecular weight is 1800 g/mol. The lowest BCUT2D eigenvalue weighted by atomic mass is 9.73. The van der Waals surface area contributed by atoms with Crippen molar-refractivity contribution in [3.05, 3.63) is 188 Å². The van der Waals surface area contributed by atoms with Crippen LogP contribution in [0.2, 0.25) is 0 Å². The van der Waals surface area contributed by atoms with Crippen LogP contribution in [0.5, 0.6) is 0 Å². The van der Waals surface area contributed by atoms with Crippen LogP contribution in [0, 0.1) is 118 Å². The number of carboxylic acid groups (broad SMARTS) is 2. The van der Waals surface area contributed by atoms with Crippen molar-refractivity contribution in [1.82, 2.24) is 46.0 Å². The van der Waals surface area contributed by atoms with Gasteiger partial charge in [-0.2, -0.15) is 5.48 Å². The first-order valence-corrected chi connectivity index (χ1v) is 42.7. The zero-order valence-electron chi connectivity index (χ0n) is 75.0. The number of carbonyl (C=O) groups excluding carboxylic acids is 3. The van der Waals surface area contributed by atoms with Crippen molar-refractivity contribution in [1.29, 1.82) is 0 Å². The molecule has 13 N–H and O–H groups in total. The van der Waals surface area contributed by atoms with E-state index >= 15 is 0 Å². The Hall–Kier alpha value is -8.99. The SMILES string of the molecule is C.CC(=O)N[C@@]1(c2cc(C)ncc2F)CO[C@@H](C)C[C@H]1C(=O)O.CC(=O)N[C@@]1(c2cc(C)ncc2F)CO[C@@H](C)C[C@H]1CO.CC(=O)[C@@H]1C[C@H](C)OC[C@@]1(N)c1cc(C)ncc1F.C[C@H]1C[C@H]2COC=C2CO1.Cc1cc([C@]2(N)CO[C@@H](C)C[C@H]2C(=O)O)c(F)cn1.Cc1cc([C@]2(N)CO[C@@H](C)C[C@H]2CO)c(F)cn1.Cc1cc([C@]23CO[C@@H](C)C[C@H]2CON3)c(F)cn1. The number of nitrogens with zero attached hydrogens (tertiary/aromatic N) is 6. The first-order chi connectivity index (χ1) is 59.8. The molecule has 0 bridgehead atoms. The zero-order valence-corrected chi connectivity index (χ0v) is 75.0. The number of nitrogens with two attached hydrogens (primary N) is 3. The number of ketones is 1. The minimum atomic E-state index is -1.44. The van der Waals surface area contributed by atoms with Gasteiger partial charge in [0, 0.05) is 124 Å². The maximum atomic E-state index is 14.3. The fourth-order valence-corrected chi connectivity index (χ4v) is 18.1. The smallest absolute Gasteiger partial charge is 0.309 e. The molecule has 6 aromatic heterocycles. The third-order valence-electron chi connectivity index (χ3n) is 25.1. The van der Waals surface area contributed by atoms with Gasteiger partial charge in [0.2, 0.25) is 11.8 Å². The molecule has 0 aliphatic carbocycles. The number of hydrogen-bond acceptors (Lipinski definition) is 26. The number of carboxylic acids is 2. The Morgan fingerprint density at radius 3 is 1.20 bits per heavy atom. The van der Waals surface area contributed by atoms with Crippen molar-refractivity contribution in [3.63, 3.8) is 0 Å². The van der Waals surface area contributed by atoms with E-state index in [4.69, 9.17) is 59.9 Å². The molecular weight excluding hydrogens is 1680 g/mol. The summed E-state index contributed by atoms with van der Waals surface area (Å²) in [7, 11) is 0. The third-order valence-corrected chi connectivity index (χ3v) is 25.1. The lowest BCUT2D eigenvalue weighted by Crippen LogP contribution is -2.60. The number of ether oxygens (including phenoxy) is 8. The van der Waals surface area contributed by atoms with Gasteiger partial charge in [0.05, 0.1) is 185 Å². The summed E-state index contributed by atoms with van der Waals surface area (Å²) in [6.07, 6.45) is 12.9. The number of aliphatic hydroxyl groups excluding tert-OH is 2. The number of aromatic nitrogens is 6. The van der Waals surface area contributed by atoms with E-state index in [1.165, 1.54) is 50.9 Å². The number of Topliss-reactive ketones (excluding diaryl/α,β-unsaturated/α-hetero) is 1. The molecule has 15 heterocycles. The molecule has 0 unspecified atom stereocenters. The second-order valence-electron chi connectivity index (χ2n) is 35.3. The van der Waals surface area contributed by atoms with E-state index in [1.54, 1.807) is 72.7 Å². The number of carbonyl (C=O) groups is 5. The predicted molar refractivity (Wildman–Crippen MR) is 458 cm³/mol. The molecule has 8 fully saturated rings. The fraction of sp³-hybridized carbons (Fsp3) is 0.598. The number of rotatable bonds is 13. The van der Waals surface area contributed by atoms with Crippen LogP contribution in [0.1, 0.15) is 189 Å². The average Bonchev–Trinajstić information content (AvgIpc) is 1.22. The molecule has 0 aromatic carbocycles. The Morgan fingerprint density at radius 1 is 0.422 bits per heavy atom. The van der Waals surface area contributed by atoms with Crippen molar-refractivity contribution in [3.8, 4) is 0 Å². The first-order valence-electron chi connectivity index (χ1n) is 42.7.